The average Bonchev–Trinajstić information content (AvgIpc) is 2.76. The molecule has 10 heteroatoms. The second-order valence-corrected chi connectivity index (χ2v) is 8.32. The summed E-state index contributed by atoms with van der Waals surface area (Å²) in [4.78, 5) is 12.4. The van der Waals surface area contributed by atoms with Gasteiger partial charge in [-0.1, -0.05) is 19.9 Å². The van der Waals surface area contributed by atoms with E-state index in [1.165, 1.54) is 41.7 Å². The first-order chi connectivity index (χ1) is 14.8. The minimum absolute atomic E-state index is 0.0807. The molecule has 2 aromatic carbocycles. The summed E-state index contributed by atoms with van der Waals surface area (Å²) >= 11 is 0. The van der Waals surface area contributed by atoms with Crippen LogP contribution in [0.3, 0.4) is 0 Å². The number of hydrogen-bond acceptors (Lipinski definition) is 6. The van der Waals surface area contributed by atoms with Crippen molar-refractivity contribution in [3.63, 3.8) is 0 Å². The van der Waals surface area contributed by atoms with Crippen LogP contribution in [0.15, 0.2) is 41.3 Å². The number of carbonyl (C=O) groups excluding carboxylic acids is 1. The molecule has 0 aliphatic rings. The summed E-state index contributed by atoms with van der Waals surface area (Å²) in [7, 11) is -2.46. The number of carbonyl (C=O) groups is 1. The molecule has 0 aliphatic carbocycles. The molecule has 0 fully saturated rings. The van der Waals surface area contributed by atoms with E-state index in [1.807, 2.05) is 0 Å². The molecule has 0 bridgehead atoms. The second-order valence-electron chi connectivity index (χ2n) is 6.41. The summed E-state index contributed by atoms with van der Waals surface area (Å²) in [5.41, 5.74) is 0.388. The predicted octanol–water partition coefficient (Wildman–Crippen LogP) is 2.58. The smallest absolute Gasteiger partial charge is 0.251 e. The van der Waals surface area contributed by atoms with Gasteiger partial charge in [-0.3, -0.25) is 4.79 Å². The monoisotopic (exact) mass is 448 g/mol. The first kappa shape index (κ1) is 24.1. The van der Waals surface area contributed by atoms with E-state index in [0.29, 0.717) is 5.69 Å². The van der Waals surface area contributed by atoms with Gasteiger partial charge in [-0.2, -0.15) is 9.57 Å². The molecule has 0 aromatic heterocycles. The third-order valence-corrected chi connectivity index (χ3v) is 6.67. The zero-order chi connectivity index (χ0) is 23.0. The fourth-order valence-electron chi connectivity index (χ4n) is 2.98. The lowest BCUT2D eigenvalue weighted by atomic mass is 10.2. The van der Waals surface area contributed by atoms with Gasteiger partial charge in [0, 0.05) is 31.7 Å². The van der Waals surface area contributed by atoms with Gasteiger partial charge in [0.15, 0.2) is 0 Å². The number of amides is 1. The summed E-state index contributed by atoms with van der Waals surface area (Å²) < 4.78 is 45.9. The summed E-state index contributed by atoms with van der Waals surface area (Å²) in [6.07, 6.45) is 0. The normalized spacial score (nSPS) is 11.1. The van der Waals surface area contributed by atoms with E-state index >= 15 is 0 Å². The van der Waals surface area contributed by atoms with Crippen LogP contribution in [0.2, 0.25) is 0 Å². The highest BCUT2D eigenvalue weighted by molar-refractivity contribution is 7.89. The number of halogens is 1. The van der Waals surface area contributed by atoms with Crippen molar-refractivity contribution in [2.45, 2.75) is 18.7 Å². The van der Waals surface area contributed by atoms with Gasteiger partial charge in [-0.25, -0.2) is 12.8 Å². The largest absolute Gasteiger partial charge is 0.495 e. The lowest BCUT2D eigenvalue weighted by Gasteiger charge is -2.20. The molecule has 2 N–H and O–H groups in total. The van der Waals surface area contributed by atoms with Crippen molar-refractivity contribution in [3.05, 3.63) is 53.3 Å². The highest BCUT2D eigenvalue weighted by Crippen LogP contribution is 2.28. The molecule has 0 spiro atoms. The fourth-order valence-corrected chi connectivity index (χ4v) is 4.62. The lowest BCUT2D eigenvalue weighted by Crippen LogP contribution is -2.32. The molecular weight excluding hydrogens is 423 g/mol. The maximum Gasteiger partial charge on any atom is 0.251 e. The number of ether oxygens (including phenoxy) is 1. The molecular formula is C21H25FN4O4S. The summed E-state index contributed by atoms with van der Waals surface area (Å²) in [5.74, 6) is -0.947. The zero-order valence-corrected chi connectivity index (χ0v) is 18.4. The van der Waals surface area contributed by atoms with Crippen LogP contribution in [0.4, 0.5) is 10.1 Å². The van der Waals surface area contributed by atoms with Gasteiger partial charge in [-0.05, 0) is 30.3 Å². The molecule has 166 valence electrons. The highest BCUT2D eigenvalue weighted by Gasteiger charge is 2.26. The number of benzene rings is 2. The topological polar surface area (TPSA) is 112 Å². The van der Waals surface area contributed by atoms with E-state index in [2.05, 4.69) is 10.6 Å². The molecule has 0 heterocycles. The van der Waals surface area contributed by atoms with Crippen LogP contribution < -0.4 is 15.4 Å². The Balaban J connectivity index is 2.11. The molecule has 0 aliphatic heterocycles. The first-order valence-electron chi connectivity index (χ1n) is 9.68. The number of anilines is 1. The average molecular weight is 449 g/mol. The maximum atomic E-state index is 13.6. The Bertz CT molecular complexity index is 1080. The Kier molecular flexibility index (Phi) is 8.36. The molecule has 2 rings (SSSR count). The van der Waals surface area contributed by atoms with Crippen molar-refractivity contribution < 1.29 is 22.3 Å². The second kappa shape index (κ2) is 10.7. The van der Waals surface area contributed by atoms with Crippen LogP contribution in [0.25, 0.3) is 0 Å². The van der Waals surface area contributed by atoms with Crippen molar-refractivity contribution in [3.8, 4) is 11.8 Å². The first-order valence-corrected chi connectivity index (χ1v) is 11.1. The Hall–Kier alpha value is -3.16. The van der Waals surface area contributed by atoms with Gasteiger partial charge in [0.25, 0.3) is 5.91 Å². The number of nitrogens with zero attached hydrogens (tertiary/aromatic N) is 2. The lowest BCUT2D eigenvalue weighted by molar-refractivity contribution is 0.0955. The van der Waals surface area contributed by atoms with Crippen LogP contribution in [0.1, 0.15) is 29.8 Å². The Morgan fingerprint density at radius 1 is 1.19 bits per heavy atom. The SMILES string of the molecule is CCN(CC)S(=O)(=O)c1cc(C(=O)NCCNc2cccc(F)c2C#N)ccc1OC. The van der Waals surface area contributed by atoms with Gasteiger partial charge < -0.3 is 15.4 Å². The zero-order valence-electron chi connectivity index (χ0n) is 17.6. The van der Waals surface area contributed by atoms with E-state index in [1.54, 1.807) is 26.0 Å². The minimum atomic E-state index is -3.82. The van der Waals surface area contributed by atoms with Gasteiger partial charge in [0.1, 0.15) is 28.1 Å². The van der Waals surface area contributed by atoms with E-state index in [4.69, 9.17) is 10.00 Å². The van der Waals surface area contributed by atoms with Crippen molar-refractivity contribution in [1.29, 1.82) is 5.26 Å². The van der Waals surface area contributed by atoms with Crippen LogP contribution >= 0.6 is 0 Å². The molecule has 0 saturated heterocycles. The van der Waals surface area contributed by atoms with E-state index < -0.39 is 21.7 Å². The molecule has 8 nitrogen and oxygen atoms in total. The van der Waals surface area contributed by atoms with Crippen molar-refractivity contribution in [2.24, 2.45) is 0 Å². The highest BCUT2D eigenvalue weighted by atomic mass is 32.2. The number of methoxy groups -OCH3 is 1. The third-order valence-electron chi connectivity index (χ3n) is 4.60. The van der Waals surface area contributed by atoms with Crippen molar-refractivity contribution in [1.82, 2.24) is 9.62 Å². The summed E-state index contributed by atoms with van der Waals surface area (Å²) in [6, 6.07) is 10.2. The molecule has 0 unspecified atom stereocenters. The number of rotatable bonds is 10. The Morgan fingerprint density at radius 3 is 2.52 bits per heavy atom. The molecule has 1 amide bonds. The van der Waals surface area contributed by atoms with E-state index in [9.17, 15) is 17.6 Å². The third kappa shape index (κ3) is 5.51. The summed E-state index contributed by atoms with van der Waals surface area (Å²) in [5, 5.41) is 14.6. The molecule has 0 atom stereocenters. The van der Waals surface area contributed by atoms with E-state index in [0.717, 1.165) is 0 Å². The maximum absolute atomic E-state index is 13.6. The van der Waals surface area contributed by atoms with Crippen LogP contribution in [0.5, 0.6) is 5.75 Å². The number of nitriles is 1. The van der Waals surface area contributed by atoms with E-state index in [-0.39, 0.29) is 48.0 Å². The molecule has 31 heavy (non-hydrogen) atoms. The van der Waals surface area contributed by atoms with Crippen LogP contribution in [-0.2, 0) is 10.0 Å². The van der Waals surface area contributed by atoms with Crippen LogP contribution in [-0.4, -0.2) is 51.9 Å². The van der Waals surface area contributed by atoms with Gasteiger partial charge >= 0.3 is 0 Å². The quantitative estimate of drug-likeness (QED) is 0.541. The van der Waals surface area contributed by atoms with Crippen molar-refractivity contribution >= 4 is 21.6 Å². The number of sulfonamides is 1. The molecule has 0 radical (unpaired) electrons. The number of hydrogen-bond donors (Lipinski definition) is 2. The van der Waals surface area contributed by atoms with Gasteiger partial charge in [0.2, 0.25) is 10.0 Å². The van der Waals surface area contributed by atoms with Crippen LogP contribution in [0, 0.1) is 17.1 Å². The van der Waals surface area contributed by atoms with Gasteiger partial charge in [0.05, 0.1) is 12.8 Å². The minimum Gasteiger partial charge on any atom is -0.495 e. The van der Waals surface area contributed by atoms with Crippen molar-refractivity contribution in [2.75, 3.05) is 38.6 Å². The number of nitrogens with one attached hydrogen (secondary N) is 2. The van der Waals surface area contributed by atoms with Gasteiger partial charge in [-0.15, -0.1) is 0 Å². The Morgan fingerprint density at radius 2 is 1.90 bits per heavy atom. The Labute approximate surface area is 181 Å². The summed E-state index contributed by atoms with van der Waals surface area (Å²) in [6.45, 7) is 4.44. The standard InChI is InChI=1S/C21H25FN4O4S/c1-4-26(5-2)31(28,29)20-13-15(9-10-19(20)30-3)21(27)25-12-11-24-18-8-6-7-17(22)16(18)14-23/h6-10,13,24H,4-5,11-12H2,1-3H3,(H,25,27). The fraction of sp³-hybridized carbons (Fsp3) is 0.333. The molecule has 2 aromatic rings. The predicted molar refractivity (Wildman–Crippen MR) is 115 cm³/mol. The molecule has 0 saturated carbocycles.